The first-order chi connectivity index (χ1) is 29.8. The van der Waals surface area contributed by atoms with Gasteiger partial charge in [0, 0.05) is 33.3 Å². The third-order valence-corrected chi connectivity index (χ3v) is 11.8. The Morgan fingerprint density at radius 1 is 0.283 bits per heavy atom. The van der Waals surface area contributed by atoms with Crippen molar-refractivity contribution in [3.05, 3.63) is 243 Å². The molecule has 11 rings (SSSR count). The predicted molar refractivity (Wildman–Crippen MR) is 255 cm³/mol. The lowest BCUT2D eigenvalue weighted by Crippen LogP contribution is -2.11. The number of anilines is 3. The molecule has 0 aliphatic carbocycles. The van der Waals surface area contributed by atoms with E-state index in [9.17, 15) is 0 Å². The molecule has 0 bridgehead atoms. The number of rotatable bonds is 8. The summed E-state index contributed by atoms with van der Waals surface area (Å²) in [6, 6.07) is 87.9. The highest BCUT2D eigenvalue weighted by Crippen LogP contribution is 2.44. The highest BCUT2D eigenvalue weighted by molar-refractivity contribution is 6.11. The number of hydrogen-bond donors (Lipinski definition) is 0. The topological polar surface area (TPSA) is 8.17 Å². The van der Waals surface area contributed by atoms with E-state index < -0.39 is 0 Å². The van der Waals surface area contributed by atoms with Gasteiger partial charge in [0.15, 0.2) is 0 Å². The van der Waals surface area contributed by atoms with Gasteiger partial charge in [-0.25, -0.2) is 0 Å². The molecule has 0 spiro atoms. The molecule has 0 radical (unpaired) electrons. The minimum Gasteiger partial charge on any atom is -0.310 e. The Kier molecular flexibility index (Phi) is 8.87. The maximum absolute atomic E-state index is 2.46. The first kappa shape index (κ1) is 35.2. The monoisotopic (exact) mass is 764 g/mol. The molecule has 0 fully saturated rings. The second kappa shape index (κ2) is 15.1. The van der Waals surface area contributed by atoms with Gasteiger partial charge in [0.25, 0.3) is 0 Å². The highest BCUT2D eigenvalue weighted by atomic mass is 15.1. The van der Waals surface area contributed by atoms with Gasteiger partial charge in [-0.2, -0.15) is 0 Å². The van der Waals surface area contributed by atoms with E-state index in [2.05, 4.69) is 252 Å². The second-order valence-corrected chi connectivity index (χ2v) is 15.3. The van der Waals surface area contributed by atoms with E-state index in [-0.39, 0.29) is 0 Å². The van der Waals surface area contributed by atoms with Crippen LogP contribution in [0.3, 0.4) is 0 Å². The van der Waals surface area contributed by atoms with Crippen LogP contribution in [0.25, 0.3) is 82.8 Å². The first-order valence-corrected chi connectivity index (χ1v) is 20.6. The van der Waals surface area contributed by atoms with Gasteiger partial charge in [0.2, 0.25) is 0 Å². The SMILES string of the molecule is c1ccc(-c2ccc(-c3ccccc3-n3c4ccccc4c4ccc(N(c5ccc(-c6cccc7ccccc67)cc5)c5ccccc5-c5ccccc5)cc43)cc2)cc1. The zero-order chi connectivity index (χ0) is 39.8. The molecule has 0 amide bonds. The zero-order valence-electron chi connectivity index (χ0n) is 33.0. The second-order valence-electron chi connectivity index (χ2n) is 15.3. The van der Waals surface area contributed by atoms with Crippen LogP contribution in [-0.4, -0.2) is 4.57 Å². The molecule has 282 valence electrons. The minimum absolute atomic E-state index is 1.08. The van der Waals surface area contributed by atoms with Crippen LogP contribution in [-0.2, 0) is 0 Å². The number of para-hydroxylation sites is 3. The Morgan fingerprint density at radius 2 is 0.783 bits per heavy atom. The van der Waals surface area contributed by atoms with E-state index in [4.69, 9.17) is 0 Å². The normalized spacial score (nSPS) is 11.3. The summed E-state index contributed by atoms with van der Waals surface area (Å²) in [5, 5.41) is 4.94. The molecule has 0 saturated carbocycles. The third kappa shape index (κ3) is 6.23. The van der Waals surface area contributed by atoms with Crippen molar-refractivity contribution in [2.75, 3.05) is 4.90 Å². The quantitative estimate of drug-likeness (QED) is 0.150. The van der Waals surface area contributed by atoms with Crippen LogP contribution in [0.4, 0.5) is 17.1 Å². The molecule has 0 unspecified atom stereocenters. The molecule has 2 heteroatoms. The molecule has 10 aromatic carbocycles. The van der Waals surface area contributed by atoms with Gasteiger partial charge in [-0.05, 0) is 86.6 Å². The summed E-state index contributed by atoms with van der Waals surface area (Å²) in [5.41, 5.74) is 16.3. The van der Waals surface area contributed by atoms with Gasteiger partial charge in [0.05, 0.1) is 22.4 Å². The lowest BCUT2D eigenvalue weighted by atomic mass is 9.97. The first-order valence-electron chi connectivity index (χ1n) is 20.6. The van der Waals surface area contributed by atoms with Crippen molar-refractivity contribution >= 4 is 49.6 Å². The van der Waals surface area contributed by atoms with Gasteiger partial charge in [-0.1, -0.05) is 200 Å². The third-order valence-electron chi connectivity index (χ3n) is 11.8. The lowest BCUT2D eigenvalue weighted by molar-refractivity contribution is 1.18. The Hall–Kier alpha value is -7.94. The van der Waals surface area contributed by atoms with Crippen molar-refractivity contribution in [3.8, 4) is 50.2 Å². The van der Waals surface area contributed by atoms with Gasteiger partial charge in [0.1, 0.15) is 0 Å². The average Bonchev–Trinajstić information content (AvgIpc) is 3.66. The Balaban J connectivity index is 1.10. The van der Waals surface area contributed by atoms with Crippen LogP contribution in [0.15, 0.2) is 243 Å². The standard InChI is InChI=1S/C58H40N2/c1-3-16-41(17-4-1)42-30-32-46(33-31-42)52-24-10-13-28-56(52)60-57-29-14-11-25-53(57)54-39-38-48(40-58(54)60)59(55-27-12-9-23-51(55)44-18-5-2-6-19-44)47-36-34-45(35-37-47)50-26-15-21-43-20-7-8-22-49(43)50/h1-40H. The van der Waals surface area contributed by atoms with Crippen LogP contribution in [0.2, 0.25) is 0 Å². The van der Waals surface area contributed by atoms with Crippen LogP contribution in [0.5, 0.6) is 0 Å². The van der Waals surface area contributed by atoms with Crippen LogP contribution < -0.4 is 4.90 Å². The van der Waals surface area contributed by atoms with Gasteiger partial charge >= 0.3 is 0 Å². The van der Waals surface area contributed by atoms with E-state index in [1.165, 1.54) is 71.6 Å². The summed E-state index contributed by atoms with van der Waals surface area (Å²) in [7, 11) is 0. The van der Waals surface area contributed by atoms with Gasteiger partial charge < -0.3 is 9.47 Å². The van der Waals surface area contributed by atoms with Crippen molar-refractivity contribution in [1.29, 1.82) is 0 Å². The summed E-state index contributed by atoms with van der Waals surface area (Å²) in [6.07, 6.45) is 0. The van der Waals surface area contributed by atoms with Crippen molar-refractivity contribution in [2.24, 2.45) is 0 Å². The summed E-state index contributed by atoms with van der Waals surface area (Å²) in [4.78, 5) is 2.42. The summed E-state index contributed by atoms with van der Waals surface area (Å²) < 4.78 is 2.46. The maximum atomic E-state index is 2.46. The van der Waals surface area contributed by atoms with E-state index >= 15 is 0 Å². The molecular formula is C58H40N2. The number of benzene rings is 10. The van der Waals surface area contributed by atoms with E-state index in [0.717, 1.165) is 28.3 Å². The van der Waals surface area contributed by atoms with E-state index in [0.29, 0.717) is 0 Å². The summed E-state index contributed by atoms with van der Waals surface area (Å²) in [6.45, 7) is 0. The highest BCUT2D eigenvalue weighted by Gasteiger charge is 2.21. The van der Waals surface area contributed by atoms with Gasteiger partial charge in [-0.3, -0.25) is 0 Å². The molecule has 0 N–H and O–H groups in total. The fourth-order valence-electron chi connectivity index (χ4n) is 8.97. The van der Waals surface area contributed by atoms with Crippen LogP contribution in [0.1, 0.15) is 0 Å². The largest absolute Gasteiger partial charge is 0.310 e. The summed E-state index contributed by atoms with van der Waals surface area (Å²) >= 11 is 0. The maximum Gasteiger partial charge on any atom is 0.0562 e. The molecule has 2 nitrogen and oxygen atoms in total. The Labute approximate surface area is 350 Å². The van der Waals surface area contributed by atoms with E-state index in [1.54, 1.807) is 0 Å². The number of nitrogens with zero attached hydrogens (tertiary/aromatic N) is 2. The van der Waals surface area contributed by atoms with Gasteiger partial charge in [-0.15, -0.1) is 0 Å². The number of hydrogen-bond acceptors (Lipinski definition) is 1. The molecular weight excluding hydrogens is 725 g/mol. The molecule has 0 aliphatic heterocycles. The summed E-state index contributed by atoms with van der Waals surface area (Å²) in [5.74, 6) is 0. The average molecular weight is 765 g/mol. The van der Waals surface area contributed by atoms with Crippen molar-refractivity contribution in [2.45, 2.75) is 0 Å². The Bertz CT molecular complexity index is 3280. The minimum atomic E-state index is 1.08. The number of fused-ring (bicyclic) bond motifs is 4. The van der Waals surface area contributed by atoms with Crippen LogP contribution in [0, 0.1) is 0 Å². The fraction of sp³-hybridized carbons (Fsp3) is 0. The van der Waals surface area contributed by atoms with Crippen LogP contribution >= 0.6 is 0 Å². The molecule has 1 aromatic heterocycles. The van der Waals surface area contributed by atoms with Crippen molar-refractivity contribution in [3.63, 3.8) is 0 Å². The van der Waals surface area contributed by atoms with E-state index in [1.807, 2.05) is 0 Å². The molecule has 0 saturated heterocycles. The molecule has 11 aromatic rings. The predicted octanol–water partition coefficient (Wildman–Crippen LogP) is 16.1. The molecule has 60 heavy (non-hydrogen) atoms. The lowest BCUT2D eigenvalue weighted by Gasteiger charge is -2.28. The Morgan fingerprint density at radius 3 is 1.58 bits per heavy atom. The molecule has 0 aliphatic rings. The smallest absolute Gasteiger partial charge is 0.0562 e. The number of aromatic nitrogens is 1. The zero-order valence-corrected chi connectivity index (χ0v) is 33.0. The fourth-order valence-corrected chi connectivity index (χ4v) is 8.97. The molecule has 1 heterocycles. The molecule has 0 atom stereocenters. The van der Waals surface area contributed by atoms with Crippen molar-refractivity contribution < 1.29 is 0 Å². The van der Waals surface area contributed by atoms with Crippen molar-refractivity contribution in [1.82, 2.24) is 4.57 Å².